The van der Waals surface area contributed by atoms with Crippen molar-refractivity contribution in [3.05, 3.63) is 59.5 Å². The van der Waals surface area contributed by atoms with Crippen molar-refractivity contribution in [2.45, 2.75) is 57.7 Å². The number of benzene rings is 1. The largest absolute Gasteiger partial charge is 0.467 e. The molecule has 1 N–H and O–H groups in total. The standard InChI is InChI=1S/C24H29N3O4/c28-22-6-2-1-3-13-26(22)17-23(29)27(16-21-5-4-14-31-21)15-18-7-9-19(10-8-18)24(30)25-20-11-12-20/h4-5,7-10,14,20H,1-3,6,11-13,15-17H2,(H,25,30). The van der Waals surface area contributed by atoms with Gasteiger partial charge in [-0.15, -0.1) is 0 Å². The van der Waals surface area contributed by atoms with E-state index in [0.717, 1.165) is 37.7 Å². The summed E-state index contributed by atoms with van der Waals surface area (Å²) in [6.45, 7) is 1.43. The molecular formula is C24H29N3O4. The maximum atomic E-state index is 13.1. The Hall–Kier alpha value is -3.09. The van der Waals surface area contributed by atoms with Gasteiger partial charge in [-0.3, -0.25) is 14.4 Å². The Morgan fingerprint density at radius 2 is 1.87 bits per heavy atom. The second-order valence-corrected chi connectivity index (χ2v) is 8.40. The topological polar surface area (TPSA) is 82.9 Å². The van der Waals surface area contributed by atoms with Gasteiger partial charge in [-0.25, -0.2) is 0 Å². The summed E-state index contributed by atoms with van der Waals surface area (Å²) in [6, 6.07) is 11.3. The fourth-order valence-electron chi connectivity index (χ4n) is 3.77. The smallest absolute Gasteiger partial charge is 0.251 e. The number of carbonyl (C=O) groups is 3. The van der Waals surface area contributed by atoms with Crippen LogP contribution in [0.5, 0.6) is 0 Å². The zero-order valence-electron chi connectivity index (χ0n) is 17.7. The zero-order chi connectivity index (χ0) is 21.6. The van der Waals surface area contributed by atoms with Crippen LogP contribution in [0.4, 0.5) is 0 Å². The fraction of sp³-hybridized carbons (Fsp3) is 0.458. The quantitative estimate of drug-likeness (QED) is 0.707. The molecule has 2 aromatic rings. The Kier molecular flexibility index (Phi) is 6.70. The van der Waals surface area contributed by atoms with E-state index < -0.39 is 0 Å². The minimum absolute atomic E-state index is 0.0508. The first-order valence-electron chi connectivity index (χ1n) is 11.1. The van der Waals surface area contributed by atoms with E-state index in [1.807, 2.05) is 18.2 Å². The third-order valence-electron chi connectivity index (χ3n) is 5.78. The van der Waals surface area contributed by atoms with Crippen molar-refractivity contribution in [2.75, 3.05) is 13.1 Å². The molecule has 164 valence electrons. The third kappa shape index (κ3) is 5.96. The molecule has 2 aliphatic rings. The number of furan rings is 1. The molecule has 1 aromatic carbocycles. The Morgan fingerprint density at radius 3 is 2.58 bits per heavy atom. The lowest BCUT2D eigenvalue weighted by atomic mass is 10.1. The number of rotatable bonds is 8. The highest BCUT2D eigenvalue weighted by molar-refractivity contribution is 5.94. The molecule has 1 saturated heterocycles. The summed E-state index contributed by atoms with van der Waals surface area (Å²) in [5.74, 6) is 0.574. The van der Waals surface area contributed by atoms with Crippen molar-refractivity contribution < 1.29 is 18.8 Å². The maximum Gasteiger partial charge on any atom is 0.251 e. The number of amides is 3. The van der Waals surface area contributed by atoms with E-state index in [9.17, 15) is 14.4 Å². The van der Waals surface area contributed by atoms with E-state index in [4.69, 9.17) is 4.42 Å². The van der Waals surface area contributed by atoms with Gasteiger partial charge in [0.1, 0.15) is 5.76 Å². The van der Waals surface area contributed by atoms with Crippen LogP contribution in [0.25, 0.3) is 0 Å². The van der Waals surface area contributed by atoms with Crippen molar-refractivity contribution in [3.63, 3.8) is 0 Å². The SMILES string of the molecule is O=C(NC1CC1)c1ccc(CN(Cc2ccco2)C(=O)CN2CCCCCC2=O)cc1. The predicted molar refractivity (Wildman–Crippen MR) is 115 cm³/mol. The first kappa shape index (κ1) is 21.2. The average molecular weight is 424 g/mol. The molecule has 2 heterocycles. The monoisotopic (exact) mass is 423 g/mol. The molecule has 0 atom stereocenters. The van der Waals surface area contributed by atoms with E-state index in [0.29, 0.717) is 43.4 Å². The minimum Gasteiger partial charge on any atom is -0.467 e. The minimum atomic E-state index is -0.109. The summed E-state index contributed by atoms with van der Waals surface area (Å²) in [4.78, 5) is 41.0. The first-order chi connectivity index (χ1) is 15.1. The molecule has 0 radical (unpaired) electrons. The Bertz CT molecular complexity index is 903. The third-order valence-corrected chi connectivity index (χ3v) is 5.78. The summed E-state index contributed by atoms with van der Waals surface area (Å²) in [5.41, 5.74) is 1.54. The molecule has 1 aromatic heterocycles. The maximum absolute atomic E-state index is 13.1. The average Bonchev–Trinajstić information content (AvgIpc) is 3.48. The van der Waals surface area contributed by atoms with Crippen LogP contribution < -0.4 is 5.32 Å². The lowest BCUT2D eigenvalue weighted by Crippen LogP contribution is -2.42. The van der Waals surface area contributed by atoms with Gasteiger partial charge in [0.05, 0.1) is 19.4 Å². The van der Waals surface area contributed by atoms with Crippen LogP contribution in [-0.4, -0.2) is 46.7 Å². The number of nitrogens with zero attached hydrogens (tertiary/aromatic N) is 2. The Labute approximate surface area is 182 Å². The molecule has 3 amide bonds. The van der Waals surface area contributed by atoms with Gasteiger partial charge in [0.25, 0.3) is 5.91 Å². The van der Waals surface area contributed by atoms with E-state index in [1.165, 1.54) is 0 Å². The summed E-state index contributed by atoms with van der Waals surface area (Å²) in [7, 11) is 0. The second kappa shape index (κ2) is 9.81. The summed E-state index contributed by atoms with van der Waals surface area (Å²) in [5, 5.41) is 2.98. The Morgan fingerprint density at radius 1 is 1.06 bits per heavy atom. The van der Waals surface area contributed by atoms with Crippen molar-refractivity contribution >= 4 is 17.7 Å². The highest BCUT2D eigenvalue weighted by Crippen LogP contribution is 2.20. The van der Waals surface area contributed by atoms with E-state index in [1.54, 1.807) is 34.3 Å². The van der Waals surface area contributed by atoms with Gasteiger partial charge in [0.15, 0.2) is 0 Å². The second-order valence-electron chi connectivity index (χ2n) is 8.40. The summed E-state index contributed by atoms with van der Waals surface area (Å²) in [6.07, 6.45) is 7.04. The normalized spacial score (nSPS) is 16.6. The molecular weight excluding hydrogens is 394 g/mol. The van der Waals surface area contributed by atoms with E-state index in [-0.39, 0.29) is 24.3 Å². The van der Waals surface area contributed by atoms with Crippen LogP contribution in [-0.2, 0) is 22.7 Å². The van der Waals surface area contributed by atoms with Gasteiger partial charge in [-0.2, -0.15) is 0 Å². The first-order valence-corrected chi connectivity index (χ1v) is 11.1. The lowest BCUT2D eigenvalue weighted by molar-refractivity contribution is -0.141. The molecule has 7 nitrogen and oxygen atoms in total. The van der Waals surface area contributed by atoms with Crippen molar-refractivity contribution in [2.24, 2.45) is 0 Å². The predicted octanol–water partition coefficient (Wildman–Crippen LogP) is 3.10. The summed E-state index contributed by atoms with van der Waals surface area (Å²) >= 11 is 0. The van der Waals surface area contributed by atoms with Crippen LogP contribution in [0.3, 0.4) is 0 Å². The van der Waals surface area contributed by atoms with Gasteiger partial charge < -0.3 is 19.5 Å². The molecule has 2 fully saturated rings. The molecule has 1 saturated carbocycles. The van der Waals surface area contributed by atoms with Crippen molar-refractivity contribution in [3.8, 4) is 0 Å². The van der Waals surface area contributed by atoms with Gasteiger partial charge in [0.2, 0.25) is 11.8 Å². The van der Waals surface area contributed by atoms with E-state index >= 15 is 0 Å². The number of hydrogen-bond acceptors (Lipinski definition) is 4. The Balaban J connectivity index is 1.43. The highest BCUT2D eigenvalue weighted by atomic mass is 16.3. The molecule has 0 bridgehead atoms. The van der Waals surface area contributed by atoms with Crippen LogP contribution >= 0.6 is 0 Å². The number of hydrogen-bond donors (Lipinski definition) is 1. The van der Waals surface area contributed by atoms with Gasteiger partial charge in [-0.05, 0) is 55.5 Å². The van der Waals surface area contributed by atoms with E-state index in [2.05, 4.69) is 5.32 Å². The molecule has 1 aliphatic heterocycles. The fourth-order valence-corrected chi connectivity index (χ4v) is 3.77. The molecule has 0 spiro atoms. The molecule has 7 heteroatoms. The highest BCUT2D eigenvalue weighted by Gasteiger charge is 2.25. The molecule has 0 unspecified atom stereocenters. The molecule has 31 heavy (non-hydrogen) atoms. The van der Waals surface area contributed by atoms with Crippen molar-refractivity contribution in [1.29, 1.82) is 0 Å². The van der Waals surface area contributed by atoms with Crippen LogP contribution in [0.1, 0.15) is 60.2 Å². The molecule has 4 rings (SSSR count). The van der Waals surface area contributed by atoms with Crippen LogP contribution in [0, 0.1) is 0 Å². The van der Waals surface area contributed by atoms with Gasteiger partial charge in [-0.1, -0.05) is 18.6 Å². The lowest BCUT2D eigenvalue weighted by Gasteiger charge is -2.26. The zero-order valence-corrected chi connectivity index (χ0v) is 17.7. The number of likely N-dealkylation sites (tertiary alicyclic amines) is 1. The van der Waals surface area contributed by atoms with Gasteiger partial charge >= 0.3 is 0 Å². The van der Waals surface area contributed by atoms with Crippen LogP contribution in [0.2, 0.25) is 0 Å². The number of nitrogens with one attached hydrogen (secondary N) is 1. The summed E-state index contributed by atoms with van der Waals surface area (Å²) < 4.78 is 5.45. The van der Waals surface area contributed by atoms with Gasteiger partial charge in [0, 0.05) is 31.1 Å². The molecule has 1 aliphatic carbocycles. The number of carbonyl (C=O) groups excluding carboxylic acids is 3. The van der Waals surface area contributed by atoms with Crippen molar-refractivity contribution in [1.82, 2.24) is 15.1 Å². The van der Waals surface area contributed by atoms with Crippen LogP contribution in [0.15, 0.2) is 47.1 Å².